The van der Waals surface area contributed by atoms with Gasteiger partial charge >= 0.3 is 0 Å². The molecule has 0 aliphatic rings. The van der Waals surface area contributed by atoms with Crippen LogP contribution in [0.5, 0.6) is 11.5 Å². The van der Waals surface area contributed by atoms with E-state index in [0.29, 0.717) is 5.69 Å². The highest BCUT2D eigenvalue weighted by molar-refractivity contribution is 6.06. The predicted molar refractivity (Wildman–Crippen MR) is 106 cm³/mol. The Hall–Kier alpha value is -4.33. The third kappa shape index (κ3) is 4.69. The summed E-state index contributed by atoms with van der Waals surface area (Å²) in [4.78, 5) is 36.3. The van der Waals surface area contributed by atoms with Gasteiger partial charge in [-0.3, -0.25) is 25.2 Å². The van der Waals surface area contributed by atoms with E-state index in [1.165, 1.54) is 48.5 Å². The number of para-hydroxylation sites is 2. The summed E-state index contributed by atoms with van der Waals surface area (Å²) in [5.74, 6) is -2.07. The number of carbonyl (C=O) groups excluding carboxylic acids is 3. The van der Waals surface area contributed by atoms with Crippen LogP contribution in [-0.2, 0) is 0 Å². The van der Waals surface area contributed by atoms with Gasteiger partial charge in [-0.05, 0) is 48.5 Å². The normalized spacial score (nSPS) is 10.1. The Labute approximate surface area is 165 Å². The molecule has 0 bridgehead atoms. The van der Waals surface area contributed by atoms with Crippen LogP contribution in [-0.4, -0.2) is 27.9 Å². The van der Waals surface area contributed by atoms with Crippen LogP contribution in [0.4, 0.5) is 5.69 Å². The van der Waals surface area contributed by atoms with Crippen LogP contribution >= 0.6 is 0 Å². The molecule has 3 aromatic rings. The topological polar surface area (TPSA) is 128 Å². The quantitative estimate of drug-likeness (QED) is 0.437. The summed E-state index contributed by atoms with van der Waals surface area (Å²) in [5, 5.41) is 22.0. The second-order valence-electron chi connectivity index (χ2n) is 5.97. The summed E-state index contributed by atoms with van der Waals surface area (Å²) in [5.41, 5.74) is 5.28. The first-order valence-corrected chi connectivity index (χ1v) is 8.54. The molecule has 0 spiro atoms. The van der Waals surface area contributed by atoms with Crippen molar-refractivity contribution in [3.63, 3.8) is 0 Å². The van der Waals surface area contributed by atoms with E-state index in [4.69, 9.17) is 0 Å². The van der Waals surface area contributed by atoms with Crippen molar-refractivity contribution in [3.8, 4) is 11.5 Å². The Bertz CT molecular complexity index is 1060. The molecule has 0 aliphatic heterocycles. The van der Waals surface area contributed by atoms with Gasteiger partial charge in [0.2, 0.25) is 0 Å². The molecule has 0 atom stereocenters. The highest BCUT2D eigenvalue weighted by Gasteiger charge is 2.13. The number of amides is 3. The number of anilines is 1. The van der Waals surface area contributed by atoms with Crippen molar-refractivity contribution < 1.29 is 24.6 Å². The van der Waals surface area contributed by atoms with Crippen molar-refractivity contribution in [2.45, 2.75) is 0 Å². The molecule has 0 saturated heterocycles. The average molecular weight is 391 g/mol. The van der Waals surface area contributed by atoms with Crippen molar-refractivity contribution >= 4 is 23.4 Å². The number of benzene rings is 3. The van der Waals surface area contributed by atoms with Crippen molar-refractivity contribution in [2.24, 2.45) is 0 Å². The first kappa shape index (κ1) is 19.4. The van der Waals surface area contributed by atoms with E-state index in [1.807, 2.05) is 0 Å². The van der Waals surface area contributed by atoms with Crippen LogP contribution in [0.1, 0.15) is 31.1 Å². The molecule has 5 N–H and O–H groups in total. The molecule has 0 unspecified atom stereocenters. The molecular formula is C21H17N3O5. The average Bonchev–Trinajstić information content (AvgIpc) is 2.73. The van der Waals surface area contributed by atoms with Crippen LogP contribution in [0.3, 0.4) is 0 Å². The van der Waals surface area contributed by atoms with E-state index >= 15 is 0 Å². The molecule has 0 fully saturated rings. The van der Waals surface area contributed by atoms with Gasteiger partial charge in [0, 0.05) is 11.3 Å². The smallest absolute Gasteiger partial charge is 0.273 e. The van der Waals surface area contributed by atoms with Crippen molar-refractivity contribution in [2.75, 3.05) is 5.32 Å². The van der Waals surface area contributed by atoms with Crippen molar-refractivity contribution in [1.29, 1.82) is 0 Å². The van der Waals surface area contributed by atoms with Crippen LogP contribution < -0.4 is 16.2 Å². The first-order chi connectivity index (χ1) is 14.0. The molecule has 0 aromatic heterocycles. The number of aromatic hydroxyl groups is 2. The number of phenols is 2. The van der Waals surface area contributed by atoms with Gasteiger partial charge in [-0.15, -0.1) is 0 Å². The molecule has 146 valence electrons. The van der Waals surface area contributed by atoms with Crippen LogP contribution in [0.2, 0.25) is 0 Å². The molecule has 0 heterocycles. The summed E-state index contributed by atoms with van der Waals surface area (Å²) in [7, 11) is 0. The second kappa shape index (κ2) is 8.57. The Morgan fingerprint density at radius 2 is 1.07 bits per heavy atom. The Kier molecular flexibility index (Phi) is 5.74. The van der Waals surface area contributed by atoms with E-state index in [0.717, 1.165) is 0 Å². The maximum atomic E-state index is 12.2. The Morgan fingerprint density at radius 3 is 1.62 bits per heavy atom. The molecule has 8 nitrogen and oxygen atoms in total. The van der Waals surface area contributed by atoms with E-state index in [1.54, 1.807) is 24.3 Å². The molecule has 3 amide bonds. The lowest BCUT2D eigenvalue weighted by Gasteiger charge is -2.10. The molecule has 0 aliphatic carbocycles. The number of nitrogens with one attached hydrogen (secondary N) is 3. The van der Waals surface area contributed by atoms with Gasteiger partial charge in [-0.2, -0.15) is 0 Å². The Morgan fingerprint density at radius 1 is 0.586 bits per heavy atom. The van der Waals surface area contributed by atoms with Gasteiger partial charge in [-0.1, -0.05) is 24.3 Å². The number of rotatable bonds is 4. The minimum atomic E-state index is -0.664. The lowest BCUT2D eigenvalue weighted by molar-refractivity contribution is 0.0845. The van der Waals surface area contributed by atoms with Crippen molar-refractivity contribution in [1.82, 2.24) is 10.9 Å². The summed E-state index contributed by atoms with van der Waals surface area (Å²) in [6.45, 7) is 0. The number of hydrazine groups is 1. The monoisotopic (exact) mass is 391 g/mol. The molecule has 8 heteroatoms. The maximum absolute atomic E-state index is 12.2. The van der Waals surface area contributed by atoms with Gasteiger partial charge in [-0.25, -0.2) is 0 Å². The van der Waals surface area contributed by atoms with E-state index in [-0.39, 0.29) is 28.2 Å². The van der Waals surface area contributed by atoms with Crippen LogP contribution in [0.15, 0.2) is 72.8 Å². The molecule has 3 rings (SSSR count). The Balaban J connectivity index is 1.59. The zero-order chi connectivity index (χ0) is 20.8. The number of hydrogen-bond donors (Lipinski definition) is 5. The summed E-state index contributed by atoms with van der Waals surface area (Å²) in [6, 6.07) is 18.0. The van der Waals surface area contributed by atoms with E-state index < -0.39 is 17.7 Å². The number of phenolic OH excluding ortho intramolecular Hbond substituents is 2. The van der Waals surface area contributed by atoms with Crippen LogP contribution in [0.25, 0.3) is 0 Å². The van der Waals surface area contributed by atoms with E-state index in [2.05, 4.69) is 16.2 Å². The highest BCUT2D eigenvalue weighted by atomic mass is 16.3. The van der Waals surface area contributed by atoms with Crippen molar-refractivity contribution in [3.05, 3.63) is 89.5 Å². The highest BCUT2D eigenvalue weighted by Crippen LogP contribution is 2.18. The fraction of sp³-hybridized carbons (Fsp3) is 0. The summed E-state index contributed by atoms with van der Waals surface area (Å²) < 4.78 is 0. The minimum absolute atomic E-state index is 0.0232. The van der Waals surface area contributed by atoms with Gasteiger partial charge in [0.25, 0.3) is 17.7 Å². The number of hydrogen-bond acceptors (Lipinski definition) is 5. The first-order valence-electron chi connectivity index (χ1n) is 8.54. The van der Waals surface area contributed by atoms with Crippen LogP contribution in [0, 0.1) is 0 Å². The summed E-state index contributed by atoms with van der Waals surface area (Å²) in [6.07, 6.45) is 0. The fourth-order valence-electron chi connectivity index (χ4n) is 2.49. The largest absolute Gasteiger partial charge is 0.507 e. The predicted octanol–water partition coefficient (Wildman–Crippen LogP) is 2.42. The van der Waals surface area contributed by atoms with Gasteiger partial charge in [0.15, 0.2) is 0 Å². The molecule has 3 aromatic carbocycles. The van der Waals surface area contributed by atoms with Gasteiger partial charge in [0.1, 0.15) is 11.5 Å². The second-order valence-corrected chi connectivity index (χ2v) is 5.97. The van der Waals surface area contributed by atoms with Gasteiger partial charge in [0.05, 0.1) is 11.1 Å². The zero-order valence-corrected chi connectivity index (χ0v) is 15.0. The zero-order valence-electron chi connectivity index (χ0n) is 15.0. The molecular weight excluding hydrogens is 374 g/mol. The third-order valence-electron chi connectivity index (χ3n) is 3.99. The standard InChI is InChI=1S/C21H17N3O5/c25-17-7-3-1-5-15(17)20(28)22-14-11-9-13(10-12-14)19(27)23-24-21(29)16-6-2-4-8-18(16)26/h1-12,25-26H,(H,22,28)(H,23,27)(H,24,29). The fourth-order valence-corrected chi connectivity index (χ4v) is 2.49. The molecule has 0 saturated carbocycles. The molecule has 29 heavy (non-hydrogen) atoms. The minimum Gasteiger partial charge on any atom is -0.507 e. The third-order valence-corrected chi connectivity index (χ3v) is 3.99. The summed E-state index contributed by atoms with van der Waals surface area (Å²) >= 11 is 0. The number of carbonyl (C=O) groups is 3. The lowest BCUT2D eigenvalue weighted by atomic mass is 10.1. The maximum Gasteiger partial charge on any atom is 0.273 e. The molecule has 0 radical (unpaired) electrons. The lowest BCUT2D eigenvalue weighted by Crippen LogP contribution is -2.41. The van der Waals surface area contributed by atoms with E-state index in [9.17, 15) is 24.6 Å². The van der Waals surface area contributed by atoms with Gasteiger partial charge < -0.3 is 15.5 Å². The SMILES string of the molecule is O=C(NNC(=O)c1ccccc1O)c1ccc(NC(=O)c2ccccc2O)cc1.